The Hall–Kier alpha value is -3.00. The third-order valence-corrected chi connectivity index (χ3v) is 5.07. The van der Waals surface area contributed by atoms with Gasteiger partial charge in [-0.1, -0.05) is 42.1 Å². The van der Waals surface area contributed by atoms with Gasteiger partial charge >= 0.3 is 0 Å². The minimum absolute atomic E-state index is 0.0201. The zero-order chi connectivity index (χ0) is 20.1. The summed E-state index contributed by atoms with van der Waals surface area (Å²) in [6.45, 7) is 1.33. The first-order valence-electron chi connectivity index (χ1n) is 8.59. The Balaban J connectivity index is 1.64. The first-order chi connectivity index (χ1) is 13.4. The average Bonchev–Trinajstić information content (AvgIpc) is 3.00. The number of Topliss-reactive ketones (excluding diaryl/α,β-unsaturated/α-hetero) is 1. The molecule has 0 bridgehead atoms. The van der Waals surface area contributed by atoms with Gasteiger partial charge in [0.15, 0.2) is 10.9 Å². The fourth-order valence-electron chi connectivity index (χ4n) is 2.63. The molecule has 0 radical (unpaired) electrons. The number of nitrogens with one attached hydrogen (secondary N) is 1. The van der Waals surface area contributed by atoms with Crippen molar-refractivity contribution in [2.45, 2.75) is 18.5 Å². The Kier molecular flexibility index (Phi) is 6.20. The van der Waals surface area contributed by atoms with E-state index in [4.69, 9.17) is 0 Å². The van der Waals surface area contributed by atoms with Crippen molar-refractivity contribution in [3.05, 3.63) is 71.3 Å². The van der Waals surface area contributed by atoms with E-state index < -0.39 is 5.82 Å². The Morgan fingerprint density at radius 2 is 1.89 bits per heavy atom. The summed E-state index contributed by atoms with van der Waals surface area (Å²) < 4.78 is 16.0. The van der Waals surface area contributed by atoms with E-state index in [9.17, 15) is 14.0 Å². The van der Waals surface area contributed by atoms with Crippen LogP contribution in [0.5, 0.6) is 0 Å². The fourth-order valence-corrected chi connectivity index (χ4v) is 3.45. The molecule has 0 saturated carbocycles. The predicted octanol–water partition coefficient (Wildman–Crippen LogP) is 3.48. The molecule has 1 amide bonds. The molecule has 0 unspecified atom stereocenters. The molecule has 1 heterocycles. The third kappa shape index (κ3) is 4.83. The number of thioether (sulfide) groups is 1. The number of aromatic nitrogens is 3. The number of amides is 1. The maximum atomic E-state index is 14.2. The maximum absolute atomic E-state index is 14.2. The molecule has 3 rings (SSSR count). The zero-order valence-corrected chi connectivity index (χ0v) is 16.3. The van der Waals surface area contributed by atoms with E-state index in [1.54, 1.807) is 0 Å². The summed E-state index contributed by atoms with van der Waals surface area (Å²) in [6.07, 6.45) is 0.637. The van der Waals surface area contributed by atoms with Crippen molar-refractivity contribution in [1.29, 1.82) is 0 Å². The summed E-state index contributed by atoms with van der Waals surface area (Å²) in [5.41, 5.74) is 1.41. The van der Waals surface area contributed by atoms with E-state index in [2.05, 4.69) is 15.5 Å². The van der Waals surface area contributed by atoms with Crippen LogP contribution in [-0.2, 0) is 18.3 Å². The number of nitrogens with zero attached hydrogens (tertiary/aromatic N) is 3. The molecule has 0 aliphatic rings. The Morgan fingerprint density at radius 3 is 2.57 bits per heavy atom. The molecule has 0 aliphatic heterocycles. The van der Waals surface area contributed by atoms with Gasteiger partial charge in [-0.2, -0.15) is 0 Å². The van der Waals surface area contributed by atoms with E-state index in [0.717, 1.165) is 17.5 Å². The maximum Gasteiger partial charge on any atom is 0.221 e. The number of hydrogen-bond donors (Lipinski definition) is 1. The first-order valence-corrected chi connectivity index (χ1v) is 9.58. The molecule has 144 valence electrons. The Labute approximate surface area is 166 Å². The van der Waals surface area contributed by atoms with Gasteiger partial charge in [0, 0.05) is 26.1 Å². The van der Waals surface area contributed by atoms with Crippen LogP contribution in [0.3, 0.4) is 0 Å². The van der Waals surface area contributed by atoms with E-state index in [1.807, 2.05) is 41.9 Å². The van der Waals surface area contributed by atoms with Gasteiger partial charge in [-0.05, 0) is 23.8 Å². The molecule has 2 aromatic carbocycles. The van der Waals surface area contributed by atoms with Crippen molar-refractivity contribution in [2.75, 3.05) is 11.1 Å². The number of benzene rings is 2. The van der Waals surface area contributed by atoms with Crippen molar-refractivity contribution in [2.24, 2.45) is 7.05 Å². The van der Waals surface area contributed by atoms with E-state index in [-0.39, 0.29) is 23.0 Å². The third-order valence-electron chi connectivity index (χ3n) is 4.05. The van der Waals surface area contributed by atoms with Gasteiger partial charge in [-0.25, -0.2) is 4.39 Å². The van der Waals surface area contributed by atoms with Gasteiger partial charge < -0.3 is 9.88 Å². The normalized spacial score (nSPS) is 10.7. The summed E-state index contributed by atoms with van der Waals surface area (Å²) in [6, 6.07) is 13.9. The molecule has 1 N–H and O–H groups in total. The van der Waals surface area contributed by atoms with Crippen LogP contribution in [0.1, 0.15) is 28.7 Å². The van der Waals surface area contributed by atoms with Gasteiger partial charge in [-0.15, -0.1) is 10.2 Å². The first kappa shape index (κ1) is 19.8. The van der Waals surface area contributed by atoms with Crippen LogP contribution >= 0.6 is 11.8 Å². The van der Waals surface area contributed by atoms with Crippen LogP contribution in [0.4, 0.5) is 10.1 Å². The van der Waals surface area contributed by atoms with Crippen LogP contribution in [0.2, 0.25) is 0 Å². The lowest BCUT2D eigenvalue weighted by atomic mass is 10.1. The average molecular weight is 398 g/mol. The molecule has 0 spiro atoms. The molecule has 8 heteroatoms. The number of ketones is 1. The highest BCUT2D eigenvalue weighted by Crippen LogP contribution is 2.21. The standard InChI is InChI=1S/C20H19FN4O2S/c1-13(26)22-15-8-9-16(17(21)11-15)18(27)12-28-20-24-23-19(25(20)2)10-14-6-4-3-5-7-14/h3-9,11H,10,12H2,1-2H3,(H,22,26). The summed E-state index contributed by atoms with van der Waals surface area (Å²) >= 11 is 1.21. The number of carbonyl (C=O) groups is 2. The minimum Gasteiger partial charge on any atom is -0.326 e. The summed E-state index contributed by atoms with van der Waals surface area (Å²) in [4.78, 5) is 23.4. The molecule has 0 atom stereocenters. The number of anilines is 1. The van der Waals surface area contributed by atoms with Crippen molar-refractivity contribution in [3.63, 3.8) is 0 Å². The van der Waals surface area contributed by atoms with Crippen molar-refractivity contribution >= 4 is 29.1 Å². The molecule has 0 saturated heterocycles. The van der Waals surface area contributed by atoms with Crippen LogP contribution in [0, 0.1) is 5.82 Å². The number of carbonyl (C=O) groups excluding carboxylic acids is 2. The van der Waals surface area contributed by atoms with Crippen molar-refractivity contribution < 1.29 is 14.0 Å². The van der Waals surface area contributed by atoms with Crippen LogP contribution in [0.25, 0.3) is 0 Å². The van der Waals surface area contributed by atoms with Gasteiger partial charge in [0.25, 0.3) is 0 Å². The second-order valence-electron chi connectivity index (χ2n) is 6.21. The topological polar surface area (TPSA) is 76.9 Å². The largest absolute Gasteiger partial charge is 0.326 e. The predicted molar refractivity (Wildman–Crippen MR) is 106 cm³/mol. The van der Waals surface area contributed by atoms with Gasteiger partial charge in [0.2, 0.25) is 5.91 Å². The van der Waals surface area contributed by atoms with E-state index >= 15 is 0 Å². The van der Waals surface area contributed by atoms with E-state index in [1.165, 1.54) is 30.8 Å². The lowest BCUT2D eigenvalue weighted by Gasteiger charge is -2.06. The highest BCUT2D eigenvalue weighted by molar-refractivity contribution is 7.99. The smallest absolute Gasteiger partial charge is 0.221 e. The lowest BCUT2D eigenvalue weighted by Crippen LogP contribution is -2.09. The molecule has 0 fully saturated rings. The molecular formula is C20H19FN4O2S. The van der Waals surface area contributed by atoms with Crippen molar-refractivity contribution in [3.8, 4) is 0 Å². The summed E-state index contributed by atoms with van der Waals surface area (Å²) in [5, 5.41) is 11.4. The molecule has 28 heavy (non-hydrogen) atoms. The second-order valence-corrected chi connectivity index (χ2v) is 7.15. The van der Waals surface area contributed by atoms with E-state index in [0.29, 0.717) is 17.3 Å². The van der Waals surface area contributed by atoms with Crippen LogP contribution in [-0.4, -0.2) is 32.2 Å². The second kappa shape index (κ2) is 8.79. The molecule has 0 aliphatic carbocycles. The van der Waals surface area contributed by atoms with Gasteiger partial charge in [-0.3, -0.25) is 9.59 Å². The number of rotatable bonds is 7. The highest BCUT2D eigenvalue weighted by atomic mass is 32.2. The highest BCUT2D eigenvalue weighted by Gasteiger charge is 2.16. The Morgan fingerprint density at radius 1 is 1.14 bits per heavy atom. The van der Waals surface area contributed by atoms with Gasteiger partial charge in [0.05, 0.1) is 11.3 Å². The number of halogens is 1. The summed E-state index contributed by atoms with van der Waals surface area (Å²) in [5.74, 6) is -0.507. The molecule has 3 aromatic rings. The monoisotopic (exact) mass is 398 g/mol. The minimum atomic E-state index is -0.667. The van der Waals surface area contributed by atoms with Crippen LogP contribution in [0.15, 0.2) is 53.7 Å². The molecular weight excluding hydrogens is 379 g/mol. The van der Waals surface area contributed by atoms with Crippen LogP contribution < -0.4 is 5.32 Å². The summed E-state index contributed by atoms with van der Waals surface area (Å²) in [7, 11) is 1.84. The quantitative estimate of drug-likeness (QED) is 0.487. The molecule has 6 nitrogen and oxygen atoms in total. The van der Waals surface area contributed by atoms with Crippen molar-refractivity contribution in [1.82, 2.24) is 14.8 Å². The Bertz CT molecular complexity index is 1000. The fraction of sp³-hybridized carbons (Fsp3) is 0.200. The SMILES string of the molecule is CC(=O)Nc1ccc(C(=O)CSc2nnc(Cc3ccccc3)n2C)c(F)c1. The zero-order valence-electron chi connectivity index (χ0n) is 15.5. The van der Waals surface area contributed by atoms with Gasteiger partial charge in [0.1, 0.15) is 11.6 Å². The number of hydrogen-bond acceptors (Lipinski definition) is 5. The molecule has 1 aromatic heterocycles. The lowest BCUT2D eigenvalue weighted by molar-refractivity contribution is -0.114.